The average molecular weight is 527 g/mol. The number of hydrogen-bond donors (Lipinski definition) is 1. The maximum absolute atomic E-state index is 14.6. The smallest absolute Gasteiger partial charge is 0.410 e. The van der Waals surface area contributed by atoms with Crippen LogP contribution in [0.15, 0.2) is 36.4 Å². The maximum atomic E-state index is 14.6. The Kier molecular flexibility index (Phi) is 7.31. The largest absolute Gasteiger partial charge is 0.444 e. The van der Waals surface area contributed by atoms with Crippen molar-refractivity contribution in [2.45, 2.75) is 65.1 Å². The molecule has 0 radical (unpaired) electrons. The number of ether oxygens (including phenoxy) is 1. The molecule has 2 aliphatic rings. The molecule has 2 heterocycles. The van der Waals surface area contributed by atoms with Gasteiger partial charge in [0.2, 0.25) is 0 Å². The van der Waals surface area contributed by atoms with E-state index >= 15 is 0 Å². The lowest BCUT2D eigenvalue weighted by molar-refractivity contribution is 0.0970. The minimum absolute atomic E-state index is 0.0259. The summed E-state index contributed by atoms with van der Waals surface area (Å²) in [5.41, 5.74) is 8.81. The molecule has 1 amide bonds. The zero-order valence-corrected chi connectivity index (χ0v) is 22.9. The summed E-state index contributed by atoms with van der Waals surface area (Å²) in [5.74, 6) is 4.62. The number of hydrogen-bond acceptors (Lipinski definition) is 5. The average Bonchev–Trinajstić information content (AvgIpc) is 3.09. The van der Waals surface area contributed by atoms with Crippen LogP contribution in [0.25, 0.3) is 0 Å². The quantitative estimate of drug-likeness (QED) is 0.461. The number of anilines is 1. The Bertz CT molecular complexity index is 1370. The van der Waals surface area contributed by atoms with Crippen molar-refractivity contribution in [2.75, 3.05) is 17.2 Å². The summed E-state index contributed by atoms with van der Waals surface area (Å²) < 4.78 is 46.3. The van der Waals surface area contributed by atoms with Crippen molar-refractivity contribution >= 4 is 21.6 Å². The minimum atomic E-state index is -3.46. The molecule has 2 N–H and O–H groups in total. The Hall–Kier alpha value is -3.05. The Labute approximate surface area is 219 Å². The number of rotatable bonds is 4. The number of nitrogen functional groups attached to an aromatic ring is 1. The number of carbonyl (C=O) groups excluding carboxylic acids is 1. The highest BCUT2D eigenvalue weighted by atomic mass is 32.2. The lowest BCUT2D eigenvalue weighted by Crippen LogP contribution is -2.51. The highest BCUT2D eigenvalue weighted by molar-refractivity contribution is 7.91. The van der Waals surface area contributed by atoms with Crippen molar-refractivity contribution < 1.29 is 22.3 Å². The SMILES string of the molecule is CC(C)C#Cc1cc(C[C@@H]2CS(=O)(=O)C[C@H]3[C@H]2OC(=O)N3Cc2cccc(C(C)(C)C)c2)cc(F)c1N. The van der Waals surface area contributed by atoms with E-state index in [1.54, 1.807) is 6.07 Å². The summed E-state index contributed by atoms with van der Waals surface area (Å²) in [7, 11) is -3.46. The molecule has 0 bridgehead atoms. The van der Waals surface area contributed by atoms with Crippen LogP contribution in [0.3, 0.4) is 0 Å². The van der Waals surface area contributed by atoms with E-state index in [4.69, 9.17) is 10.5 Å². The van der Waals surface area contributed by atoms with Gasteiger partial charge in [0.1, 0.15) is 11.9 Å². The molecule has 4 rings (SSSR count). The lowest BCUT2D eigenvalue weighted by Gasteiger charge is -2.34. The van der Waals surface area contributed by atoms with Crippen molar-refractivity contribution in [1.82, 2.24) is 4.90 Å². The number of nitrogens with two attached hydrogens (primary N) is 1. The van der Waals surface area contributed by atoms with Gasteiger partial charge in [0.05, 0.1) is 28.8 Å². The van der Waals surface area contributed by atoms with Crippen molar-refractivity contribution in [2.24, 2.45) is 11.8 Å². The highest BCUT2D eigenvalue weighted by Gasteiger charge is 2.51. The fourth-order valence-electron chi connectivity index (χ4n) is 5.03. The molecule has 3 atom stereocenters. The minimum Gasteiger partial charge on any atom is -0.444 e. The van der Waals surface area contributed by atoms with Crippen LogP contribution in [0.4, 0.5) is 14.9 Å². The van der Waals surface area contributed by atoms with E-state index in [-0.39, 0.29) is 41.5 Å². The van der Waals surface area contributed by atoms with Crippen molar-refractivity contribution in [3.8, 4) is 11.8 Å². The fraction of sp³-hybridized carbons (Fsp3) is 0.483. The molecule has 2 saturated heterocycles. The van der Waals surface area contributed by atoms with E-state index in [1.807, 2.05) is 38.1 Å². The molecule has 6 nitrogen and oxygen atoms in total. The van der Waals surface area contributed by atoms with Crippen molar-refractivity contribution in [3.63, 3.8) is 0 Å². The van der Waals surface area contributed by atoms with Gasteiger partial charge in [-0.05, 0) is 40.7 Å². The van der Waals surface area contributed by atoms with Crippen LogP contribution in [0.1, 0.15) is 56.9 Å². The first-order valence-electron chi connectivity index (χ1n) is 12.6. The van der Waals surface area contributed by atoms with Crippen LogP contribution in [0, 0.1) is 29.5 Å². The third kappa shape index (κ3) is 6.10. The van der Waals surface area contributed by atoms with Gasteiger partial charge in [-0.1, -0.05) is 70.7 Å². The first kappa shape index (κ1) is 27.0. The van der Waals surface area contributed by atoms with Gasteiger partial charge in [0, 0.05) is 18.4 Å². The topological polar surface area (TPSA) is 89.7 Å². The normalized spacial score (nSPS) is 22.8. The Morgan fingerprint density at radius 1 is 1.16 bits per heavy atom. The van der Waals surface area contributed by atoms with E-state index in [2.05, 4.69) is 32.6 Å². The molecule has 0 aliphatic carbocycles. The fourth-order valence-corrected chi connectivity index (χ4v) is 7.02. The lowest BCUT2D eigenvalue weighted by atomic mass is 9.86. The number of sulfone groups is 1. The second kappa shape index (κ2) is 10.0. The third-order valence-electron chi connectivity index (χ3n) is 6.94. The molecule has 0 aromatic heterocycles. The third-order valence-corrected chi connectivity index (χ3v) is 8.72. The zero-order chi connectivity index (χ0) is 27.1. The van der Waals surface area contributed by atoms with E-state index in [0.29, 0.717) is 11.1 Å². The molecule has 2 aliphatic heterocycles. The molecule has 2 aromatic rings. The van der Waals surface area contributed by atoms with Crippen LogP contribution in [-0.2, 0) is 33.0 Å². The maximum Gasteiger partial charge on any atom is 0.410 e. The van der Waals surface area contributed by atoms with E-state index in [9.17, 15) is 17.6 Å². The van der Waals surface area contributed by atoms with Gasteiger partial charge in [-0.25, -0.2) is 17.6 Å². The van der Waals surface area contributed by atoms with Crippen LogP contribution < -0.4 is 5.73 Å². The van der Waals surface area contributed by atoms with E-state index < -0.39 is 39.8 Å². The second-order valence-electron chi connectivity index (χ2n) is 11.5. The van der Waals surface area contributed by atoms with Gasteiger partial charge in [-0.15, -0.1) is 0 Å². The van der Waals surface area contributed by atoms with Gasteiger partial charge >= 0.3 is 6.09 Å². The second-order valence-corrected chi connectivity index (χ2v) is 13.7. The summed E-state index contributed by atoms with van der Waals surface area (Å²) in [6, 6.07) is 10.4. The Balaban J connectivity index is 1.61. The number of halogens is 1. The van der Waals surface area contributed by atoms with Gasteiger partial charge < -0.3 is 10.5 Å². The highest BCUT2D eigenvalue weighted by Crippen LogP contribution is 2.36. The molecule has 37 heavy (non-hydrogen) atoms. The number of nitrogens with zero attached hydrogens (tertiary/aromatic N) is 1. The molecule has 198 valence electrons. The van der Waals surface area contributed by atoms with Gasteiger partial charge in [-0.2, -0.15) is 0 Å². The first-order valence-corrected chi connectivity index (χ1v) is 14.4. The predicted octanol–water partition coefficient (Wildman–Crippen LogP) is 4.69. The van der Waals surface area contributed by atoms with Crippen molar-refractivity contribution in [1.29, 1.82) is 0 Å². The number of benzene rings is 2. The predicted molar refractivity (Wildman–Crippen MR) is 143 cm³/mol. The van der Waals surface area contributed by atoms with Crippen LogP contribution in [-0.4, -0.2) is 43.1 Å². The van der Waals surface area contributed by atoms with Crippen LogP contribution in [0.2, 0.25) is 0 Å². The monoisotopic (exact) mass is 526 g/mol. The molecular weight excluding hydrogens is 491 g/mol. The summed E-state index contributed by atoms with van der Waals surface area (Å²) in [4.78, 5) is 14.5. The molecule has 2 aromatic carbocycles. The standard InChI is InChI=1S/C29H35FN2O4S/c1-18(2)9-10-21-11-20(14-24(30)26(21)31)12-22-16-37(34,35)17-25-27(22)36-28(33)32(25)15-19-7-6-8-23(13-19)29(3,4)5/h6-8,11,13-14,18,22,25,27H,12,15-17,31H2,1-5H3/t22-,25+,27+/m1/s1. The van der Waals surface area contributed by atoms with Crippen LogP contribution in [0.5, 0.6) is 0 Å². The van der Waals surface area contributed by atoms with Gasteiger partial charge in [-0.3, -0.25) is 4.90 Å². The summed E-state index contributed by atoms with van der Waals surface area (Å²) in [6.07, 6.45) is -0.896. The number of amides is 1. The first-order chi connectivity index (χ1) is 17.2. The Morgan fingerprint density at radius 3 is 2.57 bits per heavy atom. The van der Waals surface area contributed by atoms with Crippen molar-refractivity contribution in [3.05, 3.63) is 64.5 Å². The van der Waals surface area contributed by atoms with E-state index in [0.717, 1.165) is 11.1 Å². The Morgan fingerprint density at radius 2 is 1.89 bits per heavy atom. The summed E-state index contributed by atoms with van der Waals surface area (Å²) >= 11 is 0. The number of fused-ring (bicyclic) bond motifs is 1. The molecule has 8 heteroatoms. The summed E-state index contributed by atoms with van der Waals surface area (Å²) in [6.45, 7) is 10.5. The zero-order valence-electron chi connectivity index (χ0n) is 22.0. The molecular formula is C29H35FN2O4S. The molecule has 0 spiro atoms. The molecule has 0 unspecified atom stereocenters. The molecule has 2 fully saturated rings. The summed E-state index contributed by atoms with van der Waals surface area (Å²) in [5, 5.41) is 0. The van der Waals surface area contributed by atoms with Gasteiger partial charge in [0.25, 0.3) is 0 Å². The van der Waals surface area contributed by atoms with Crippen LogP contribution >= 0.6 is 0 Å². The van der Waals surface area contributed by atoms with E-state index in [1.165, 1.54) is 11.0 Å². The van der Waals surface area contributed by atoms with Gasteiger partial charge in [0.15, 0.2) is 9.84 Å². The molecule has 0 saturated carbocycles. The number of carbonyl (C=O) groups is 1.